The van der Waals surface area contributed by atoms with E-state index in [2.05, 4.69) is 72.7 Å². The van der Waals surface area contributed by atoms with Gasteiger partial charge in [-0.05, 0) is 19.8 Å². The van der Waals surface area contributed by atoms with Gasteiger partial charge < -0.3 is 0 Å². The Hall–Kier alpha value is -0.780. The summed E-state index contributed by atoms with van der Waals surface area (Å²) in [6, 6.07) is 8.48. The van der Waals surface area contributed by atoms with Crippen LogP contribution in [-0.4, -0.2) is 0 Å². The molecule has 0 spiro atoms. The first-order valence-corrected chi connectivity index (χ1v) is 7.54. The number of hydrogen-bond acceptors (Lipinski definition) is 0. The first-order valence-electron chi connectivity index (χ1n) is 7.54. The van der Waals surface area contributed by atoms with Gasteiger partial charge in [0, 0.05) is 0 Å². The van der Waals surface area contributed by atoms with Gasteiger partial charge in [-0.15, -0.1) is 0 Å². The van der Waals surface area contributed by atoms with Crippen LogP contribution in [0.5, 0.6) is 0 Å². The molecule has 18 heavy (non-hydrogen) atoms. The number of benzene rings is 1. The lowest BCUT2D eigenvalue weighted by molar-refractivity contribution is 0.509. The minimum Gasteiger partial charge on any atom is -0.0656 e. The van der Waals surface area contributed by atoms with Crippen LogP contribution in [0.3, 0.4) is 0 Å². The van der Waals surface area contributed by atoms with Gasteiger partial charge in [0.05, 0.1) is 0 Å². The highest BCUT2D eigenvalue weighted by atomic mass is 14.0. The molecule has 0 aromatic heterocycles. The number of hydrogen-bond donors (Lipinski definition) is 0. The van der Waals surface area contributed by atoms with E-state index in [1.807, 2.05) is 0 Å². The predicted octanol–water partition coefficient (Wildman–Crippen LogP) is 6.55. The third-order valence-corrected chi connectivity index (χ3v) is 2.70. The average Bonchev–Trinajstić information content (AvgIpc) is 2.35. The van der Waals surface area contributed by atoms with Crippen LogP contribution in [0.25, 0.3) is 0 Å². The summed E-state index contributed by atoms with van der Waals surface area (Å²) in [5.74, 6) is 0.949. The van der Waals surface area contributed by atoms with E-state index in [4.69, 9.17) is 0 Å². The van der Waals surface area contributed by atoms with Crippen LogP contribution in [0.1, 0.15) is 71.4 Å². The molecule has 0 bridgehead atoms. The second-order valence-corrected chi connectivity index (χ2v) is 5.16. The molecule has 0 saturated heterocycles. The summed E-state index contributed by atoms with van der Waals surface area (Å²) in [6.07, 6.45) is 5.33. The van der Waals surface area contributed by atoms with Gasteiger partial charge in [0.2, 0.25) is 0 Å². The molecule has 1 unspecified atom stereocenters. The van der Waals surface area contributed by atoms with Gasteiger partial charge in [-0.25, -0.2) is 0 Å². The molecule has 1 aromatic carbocycles. The van der Waals surface area contributed by atoms with Crippen LogP contribution in [0.4, 0.5) is 0 Å². The molecule has 1 aromatic rings. The maximum Gasteiger partial charge on any atom is -0.0398 e. The van der Waals surface area contributed by atoms with Crippen LogP contribution in [0.2, 0.25) is 0 Å². The van der Waals surface area contributed by atoms with Crippen molar-refractivity contribution < 1.29 is 0 Å². The molecule has 0 N–H and O–H groups in total. The van der Waals surface area contributed by atoms with Crippen molar-refractivity contribution in [1.29, 1.82) is 0 Å². The Balaban J connectivity index is 0. The fraction of sp³-hybridized carbons (Fsp3) is 0.667. The van der Waals surface area contributed by atoms with E-state index < -0.39 is 0 Å². The SMILES string of the molecule is CCC.CCCC(C)CC.Cc1ccc(C)cc1. The lowest BCUT2D eigenvalue weighted by atomic mass is 10.0. The highest BCUT2D eigenvalue weighted by molar-refractivity contribution is 5.19. The number of aryl methyl sites for hydroxylation is 2. The first-order chi connectivity index (χ1) is 8.51. The first kappa shape index (κ1) is 19.6. The Labute approximate surface area is 116 Å². The third kappa shape index (κ3) is 15.2. The summed E-state index contributed by atoms with van der Waals surface area (Å²) in [6.45, 7) is 15.2. The maximum atomic E-state index is 2.31. The summed E-state index contributed by atoms with van der Waals surface area (Å²) in [5, 5.41) is 0. The second kappa shape index (κ2) is 14.3. The Morgan fingerprint density at radius 2 is 1.17 bits per heavy atom. The summed E-state index contributed by atoms with van der Waals surface area (Å²) >= 11 is 0. The molecular formula is C18H34. The van der Waals surface area contributed by atoms with Crippen LogP contribution >= 0.6 is 0 Å². The van der Waals surface area contributed by atoms with Crippen molar-refractivity contribution in [3.05, 3.63) is 35.4 Å². The number of rotatable bonds is 3. The van der Waals surface area contributed by atoms with E-state index in [0.29, 0.717) is 0 Å². The zero-order valence-corrected chi connectivity index (χ0v) is 13.7. The topological polar surface area (TPSA) is 0 Å². The van der Waals surface area contributed by atoms with Gasteiger partial charge >= 0.3 is 0 Å². The molecule has 0 heteroatoms. The van der Waals surface area contributed by atoms with Gasteiger partial charge in [-0.3, -0.25) is 0 Å². The summed E-state index contributed by atoms with van der Waals surface area (Å²) in [7, 11) is 0. The fourth-order valence-corrected chi connectivity index (χ4v) is 1.33. The quantitative estimate of drug-likeness (QED) is 0.570. The van der Waals surface area contributed by atoms with Crippen LogP contribution < -0.4 is 0 Å². The second-order valence-electron chi connectivity index (χ2n) is 5.16. The van der Waals surface area contributed by atoms with E-state index in [1.165, 1.54) is 36.8 Å². The van der Waals surface area contributed by atoms with Crippen molar-refractivity contribution in [3.63, 3.8) is 0 Å². The maximum absolute atomic E-state index is 2.31. The molecule has 0 heterocycles. The Morgan fingerprint density at radius 1 is 0.833 bits per heavy atom. The monoisotopic (exact) mass is 250 g/mol. The summed E-state index contributed by atoms with van der Waals surface area (Å²) < 4.78 is 0. The van der Waals surface area contributed by atoms with Gasteiger partial charge in [0.15, 0.2) is 0 Å². The Kier molecular flexibility index (Phi) is 15.5. The molecule has 1 rings (SSSR count). The molecule has 1 atom stereocenters. The molecule has 0 radical (unpaired) electrons. The summed E-state index contributed by atoms with van der Waals surface area (Å²) in [5.41, 5.74) is 2.66. The van der Waals surface area contributed by atoms with Crippen LogP contribution in [0.15, 0.2) is 24.3 Å². The highest BCUT2D eigenvalue weighted by Crippen LogP contribution is 2.07. The highest BCUT2D eigenvalue weighted by Gasteiger charge is 1.92. The molecular weight excluding hydrogens is 216 g/mol. The standard InChI is InChI=1S/C8H10.C7H16.C3H8/c1-7-3-5-8(2)6-4-7;1-4-6-7(3)5-2;1-3-2/h3-6H,1-2H3;7H,4-6H2,1-3H3;3H2,1-2H3. The molecule has 0 aliphatic carbocycles. The third-order valence-electron chi connectivity index (χ3n) is 2.70. The Bertz CT molecular complexity index is 224. The van der Waals surface area contributed by atoms with E-state index >= 15 is 0 Å². The minimum atomic E-state index is 0.949. The average molecular weight is 250 g/mol. The van der Waals surface area contributed by atoms with Gasteiger partial charge in [-0.2, -0.15) is 0 Å². The van der Waals surface area contributed by atoms with E-state index in [1.54, 1.807) is 0 Å². The van der Waals surface area contributed by atoms with Gasteiger partial charge in [0.25, 0.3) is 0 Å². The van der Waals surface area contributed by atoms with Crippen molar-refractivity contribution in [2.45, 2.75) is 74.1 Å². The lowest BCUT2D eigenvalue weighted by Crippen LogP contribution is -1.88. The lowest BCUT2D eigenvalue weighted by Gasteiger charge is -2.02. The smallest absolute Gasteiger partial charge is 0.0398 e. The van der Waals surface area contributed by atoms with Crippen LogP contribution in [-0.2, 0) is 0 Å². The van der Waals surface area contributed by atoms with Crippen molar-refractivity contribution in [1.82, 2.24) is 0 Å². The molecule has 0 nitrogen and oxygen atoms in total. The van der Waals surface area contributed by atoms with Gasteiger partial charge in [0.1, 0.15) is 0 Å². The van der Waals surface area contributed by atoms with Crippen molar-refractivity contribution in [2.75, 3.05) is 0 Å². The molecule has 0 aliphatic heterocycles. The summed E-state index contributed by atoms with van der Waals surface area (Å²) in [4.78, 5) is 0. The molecule has 0 saturated carbocycles. The minimum absolute atomic E-state index is 0.949. The van der Waals surface area contributed by atoms with E-state index in [-0.39, 0.29) is 0 Å². The molecule has 0 amide bonds. The zero-order valence-electron chi connectivity index (χ0n) is 13.7. The normalized spacial score (nSPS) is 10.6. The van der Waals surface area contributed by atoms with E-state index in [0.717, 1.165) is 5.92 Å². The Morgan fingerprint density at radius 3 is 1.33 bits per heavy atom. The van der Waals surface area contributed by atoms with Crippen LogP contribution in [0, 0.1) is 19.8 Å². The van der Waals surface area contributed by atoms with Crippen molar-refractivity contribution in [3.8, 4) is 0 Å². The van der Waals surface area contributed by atoms with Gasteiger partial charge in [-0.1, -0.05) is 95.7 Å². The largest absolute Gasteiger partial charge is 0.0656 e. The van der Waals surface area contributed by atoms with E-state index in [9.17, 15) is 0 Å². The van der Waals surface area contributed by atoms with Crippen molar-refractivity contribution in [2.24, 2.45) is 5.92 Å². The fourth-order valence-electron chi connectivity index (χ4n) is 1.33. The van der Waals surface area contributed by atoms with Crippen molar-refractivity contribution >= 4 is 0 Å². The molecule has 0 aliphatic rings. The molecule has 106 valence electrons. The zero-order chi connectivity index (χ0) is 14.4. The molecule has 0 fully saturated rings. The predicted molar refractivity (Wildman–Crippen MR) is 86.2 cm³/mol.